The van der Waals surface area contributed by atoms with E-state index in [2.05, 4.69) is 10.6 Å². The number of benzene rings is 1. The van der Waals surface area contributed by atoms with Crippen molar-refractivity contribution in [2.75, 3.05) is 126 Å². The largest absolute Gasteiger partial charge is 0.458 e. The smallest absolute Gasteiger partial charge is 0.343 e. The van der Waals surface area contributed by atoms with E-state index in [1.54, 1.807) is 25.1 Å². The number of unbranched alkanes of at least 4 members (excludes halogenated alkanes) is 1. The second kappa shape index (κ2) is 37.1. The molecule has 0 fully saturated rings. The van der Waals surface area contributed by atoms with E-state index in [1.807, 2.05) is 13.8 Å². The van der Waals surface area contributed by atoms with Gasteiger partial charge in [0.15, 0.2) is 28.7 Å². The third-order valence-electron chi connectivity index (χ3n) is 16.2. The van der Waals surface area contributed by atoms with Crippen molar-refractivity contribution in [2.45, 2.75) is 122 Å². The van der Waals surface area contributed by atoms with Gasteiger partial charge in [0.05, 0.1) is 134 Å². The summed E-state index contributed by atoms with van der Waals surface area (Å²) in [6, 6.07) is 3.21. The zero-order valence-electron chi connectivity index (χ0n) is 52.9. The molecule has 0 unspecified atom stereocenters. The summed E-state index contributed by atoms with van der Waals surface area (Å²) in [7, 11) is 0. The number of ether oxygens (including phenoxy) is 11. The molecule has 2 aromatic heterocycles. The topological polar surface area (TPSA) is 373 Å². The number of hydrogen-bond acceptors (Lipinski definition) is 24. The number of aromatic nitrogens is 2. The highest BCUT2D eigenvalue weighted by atomic mass is 16.7. The molecule has 0 radical (unpaired) electrons. The first-order chi connectivity index (χ1) is 44.5. The Bertz CT molecular complexity index is 3120. The van der Waals surface area contributed by atoms with E-state index in [0.29, 0.717) is 170 Å². The number of carbonyl (C=O) groups is 8. The van der Waals surface area contributed by atoms with Crippen LogP contribution < -0.4 is 37.1 Å². The second-order valence-electron chi connectivity index (χ2n) is 22.8. The number of fused-ring (bicyclic) bond motifs is 6. The molecule has 1 aromatic carbocycles. The Labute approximate surface area is 533 Å². The summed E-state index contributed by atoms with van der Waals surface area (Å²) in [4.78, 5) is 123. The number of esters is 1. The van der Waals surface area contributed by atoms with Gasteiger partial charge in [0, 0.05) is 92.4 Å². The third kappa shape index (κ3) is 20.0. The van der Waals surface area contributed by atoms with Crippen LogP contribution in [0.25, 0.3) is 22.3 Å². The summed E-state index contributed by atoms with van der Waals surface area (Å²) in [6.45, 7) is 10.8. The summed E-state index contributed by atoms with van der Waals surface area (Å²) in [5.41, 5.74) is 11.9. The van der Waals surface area contributed by atoms with Gasteiger partial charge in [0.1, 0.15) is 18.4 Å². The van der Waals surface area contributed by atoms with Crippen LogP contribution in [-0.2, 0) is 106 Å². The lowest BCUT2D eigenvalue weighted by Crippen LogP contribution is -2.49. The molecule has 4 aliphatic heterocycles. The van der Waals surface area contributed by atoms with E-state index in [0.717, 1.165) is 17.1 Å². The van der Waals surface area contributed by atoms with Gasteiger partial charge in [-0.25, -0.2) is 9.78 Å². The van der Waals surface area contributed by atoms with E-state index < -0.39 is 58.8 Å². The Balaban J connectivity index is 0.713. The van der Waals surface area contributed by atoms with Gasteiger partial charge in [-0.1, -0.05) is 20.8 Å². The highest BCUT2D eigenvalue weighted by molar-refractivity contribution is 6.15. The fourth-order valence-corrected chi connectivity index (χ4v) is 10.9. The van der Waals surface area contributed by atoms with E-state index >= 15 is 0 Å². The fourth-order valence-electron chi connectivity index (χ4n) is 10.9. The minimum Gasteiger partial charge on any atom is -0.458 e. The molecule has 0 bridgehead atoms. The second-order valence-corrected chi connectivity index (χ2v) is 22.8. The number of nitrogens with zero attached hydrogens (tertiary/aromatic N) is 3. The predicted molar refractivity (Wildman–Crippen MR) is 329 cm³/mol. The molecule has 7 N–H and O–H groups in total. The summed E-state index contributed by atoms with van der Waals surface area (Å²) >= 11 is 0. The van der Waals surface area contributed by atoms with Crippen molar-refractivity contribution in [2.24, 2.45) is 23.3 Å². The summed E-state index contributed by atoms with van der Waals surface area (Å²) < 4.78 is 62.3. The van der Waals surface area contributed by atoms with Gasteiger partial charge in [-0.15, -0.1) is 0 Å². The highest BCUT2D eigenvalue weighted by Crippen LogP contribution is 2.43. The molecule has 3 aromatic rings. The number of amides is 4. The molecular formula is C64H89N7O21. The van der Waals surface area contributed by atoms with Crippen LogP contribution in [0.1, 0.15) is 107 Å². The predicted octanol–water partition coefficient (Wildman–Crippen LogP) is 1.74. The van der Waals surface area contributed by atoms with Crippen molar-refractivity contribution in [3.05, 3.63) is 63.0 Å². The number of carbonyl (C=O) groups excluding carboxylic acids is 8. The molecule has 28 nitrogen and oxygen atoms in total. The molecule has 506 valence electrons. The molecule has 7 rings (SSSR count). The average Bonchev–Trinajstić information content (AvgIpc) is 1.51. The van der Waals surface area contributed by atoms with E-state index in [1.165, 1.54) is 4.57 Å². The molecular weight excluding hydrogens is 1200 g/mol. The van der Waals surface area contributed by atoms with Crippen LogP contribution in [0.15, 0.2) is 35.1 Å². The number of hydrogen-bond donors (Lipinski definition) is 5. The summed E-state index contributed by atoms with van der Waals surface area (Å²) in [5.74, 6) is -3.59. The molecule has 28 heteroatoms. The van der Waals surface area contributed by atoms with Gasteiger partial charge < -0.3 is 83.9 Å². The van der Waals surface area contributed by atoms with Gasteiger partial charge in [-0.3, -0.25) is 43.3 Å². The van der Waals surface area contributed by atoms with Gasteiger partial charge in [-0.05, 0) is 62.3 Å². The number of nitrogens with two attached hydrogens (primary N) is 2. The van der Waals surface area contributed by atoms with Crippen LogP contribution in [0.4, 0.5) is 0 Å². The number of ketones is 3. The molecule has 0 saturated heterocycles. The molecule has 4 amide bonds. The molecule has 4 atom stereocenters. The monoisotopic (exact) mass is 1290 g/mol. The van der Waals surface area contributed by atoms with Crippen molar-refractivity contribution in [1.29, 1.82) is 0 Å². The molecule has 0 saturated carbocycles. The number of imide groups is 1. The van der Waals surface area contributed by atoms with E-state index in [9.17, 15) is 48.3 Å². The highest BCUT2D eigenvalue weighted by Gasteiger charge is 2.46. The van der Waals surface area contributed by atoms with Crippen LogP contribution in [0.5, 0.6) is 11.5 Å². The number of cyclic esters (lactones) is 1. The zero-order valence-corrected chi connectivity index (χ0v) is 52.9. The van der Waals surface area contributed by atoms with E-state index in [4.69, 9.17) is 68.6 Å². The molecule has 4 aliphatic rings. The minimum absolute atomic E-state index is 0.00570. The number of rotatable bonds is 47. The van der Waals surface area contributed by atoms with Gasteiger partial charge in [-0.2, -0.15) is 0 Å². The van der Waals surface area contributed by atoms with Crippen molar-refractivity contribution < 1.29 is 95.6 Å². The minimum atomic E-state index is -2.02. The normalized spacial score (nSPS) is 16.4. The van der Waals surface area contributed by atoms with Crippen LogP contribution in [-0.4, -0.2) is 204 Å². The SMILES string of the molecule is CC[C@@]1(O)C(=O)OCc2c1cc1n(c2=O)Cc2c-1nc1cc3c(cc1c2CNC(=O)CCC(=O)[C@H](CCCCN)NC(=O)[C@@H](CC(=O)CCOCCOCCOCCOCCOCCOCCOCCOCCCC(=O)[C@H](CN)N1C(=O)C=CC1=O)C(C)C)OCO3. The molecule has 0 aliphatic carbocycles. The quantitative estimate of drug-likeness (QED) is 0.0239. The molecule has 0 spiro atoms. The standard InChI is InChI=1S/C64H89N7O21/c1-4-64(81)48-34-51-60-46(38-70(51)62(79)47(48)39-90-63(64)80)45(44-33-55-56(92-40-91-55)35-50(44)68-60)37-67-57(75)11-10-53(73)49(8-5-6-15-65)69-61(78)43(41(2)3)32-42(72)14-17-83-19-21-85-23-25-87-27-29-89-31-30-88-28-26-86-24-22-84-20-18-82-16-7-9-54(74)52(36-66)71-58(76)12-13-59(71)77/h12-13,33-35,41,43,49,52,81H,4-11,14-32,36-40,65-66H2,1-3H3,(H,67,75)(H,69,78)/t43-,49-,52-,64-/m0/s1. The van der Waals surface area contributed by atoms with Crippen molar-refractivity contribution >= 4 is 57.9 Å². The van der Waals surface area contributed by atoms with Crippen LogP contribution in [0.2, 0.25) is 0 Å². The van der Waals surface area contributed by atoms with E-state index in [-0.39, 0.29) is 119 Å². The lowest BCUT2D eigenvalue weighted by molar-refractivity contribution is -0.172. The number of Topliss-reactive ketones (excluding diaryl/α,β-unsaturated/α-hetero) is 3. The first-order valence-corrected chi connectivity index (χ1v) is 31.6. The Hall–Kier alpha value is -6.96. The Morgan fingerprint density at radius 3 is 1.83 bits per heavy atom. The molecule has 92 heavy (non-hydrogen) atoms. The van der Waals surface area contributed by atoms with Crippen molar-refractivity contribution in [3.63, 3.8) is 0 Å². The number of aliphatic hydroxyl groups is 1. The van der Waals surface area contributed by atoms with Gasteiger partial charge >= 0.3 is 5.97 Å². The fraction of sp³-hybridized carbons (Fsp3) is 0.625. The first kappa shape index (κ1) is 72.5. The van der Waals surface area contributed by atoms with Crippen molar-refractivity contribution in [1.82, 2.24) is 25.1 Å². The van der Waals surface area contributed by atoms with Gasteiger partial charge in [0.2, 0.25) is 18.6 Å². The third-order valence-corrected chi connectivity index (χ3v) is 16.2. The van der Waals surface area contributed by atoms with Crippen LogP contribution in [0.3, 0.4) is 0 Å². The lowest BCUT2D eigenvalue weighted by Gasteiger charge is -2.31. The number of nitrogens with one attached hydrogen (secondary N) is 2. The number of pyridine rings is 2. The van der Waals surface area contributed by atoms with Crippen molar-refractivity contribution in [3.8, 4) is 22.9 Å². The maximum absolute atomic E-state index is 14.0. The lowest BCUT2D eigenvalue weighted by atomic mass is 9.86. The summed E-state index contributed by atoms with van der Waals surface area (Å²) in [6.07, 6.45) is 3.90. The zero-order chi connectivity index (χ0) is 66.0. The van der Waals surface area contributed by atoms with Crippen LogP contribution in [0, 0.1) is 11.8 Å². The molecule has 6 heterocycles. The summed E-state index contributed by atoms with van der Waals surface area (Å²) in [5, 5.41) is 17.9. The average molecular weight is 1290 g/mol. The maximum atomic E-state index is 14.0. The van der Waals surface area contributed by atoms with Crippen LogP contribution >= 0.6 is 0 Å². The maximum Gasteiger partial charge on any atom is 0.343 e. The Morgan fingerprint density at radius 2 is 1.26 bits per heavy atom. The Kier molecular flexibility index (Phi) is 29.2. The first-order valence-electron chi connectivity index (χ1n) is 31.6. The Morgan fingerprint density at radius 1 is 0.685 bits per heavy atom. The van der Waals surface area contributed by atoms with Gasteiger partial charge in [0.25, 0.3) is 17.4 Å².